The molecule has 4 nitrogen and oxygen atoms in total. The van der Waals surface area contributed by atoms with Crippen molar-refractivity contribution >= 4 is 5.91 Å². The number of nitrogens with zero attached hydrogens (tertiary/aromatic N) is 2. The minimum absolute atomic E-state index is 0.126. The monoisotopic (exact) mass is 220 g/mol. The maximum Gasteiger partial charge on any atom is 0.406 e. The maximum atomic E-state index is 11.9. The Morgan fingerprint density at radius 2 is 2.27 bits per heavy atom. The minimum Gasteiger partial charge on any atom is -0.360 e. The van der Waals surface area contributed by atoms with Gasteiger partial charge in [-0.15, -0.1) is 0 Å². The summed E-state index contributed by atoms with van der Waals surface area (Å²) in [5.41, 5.74) is -0.251. The molecular weight excluding hydrogens is 213 g/mol. The SMILES string of the molecule is [CH]c1cc(C(=O)N(C)CC(F)(F)F)no1. The van der Waals surface area contributed by atoms with Gasteiger partial charge in [0.05, 0.1) is 0 Å². The lowest BCUT2D eigenvalue weighted by Crippen LogP contribution is -2.35. The van der Waals surface area contributed by atoms with Crippen molar-refractivity contribution in [1.29, 1.82) is 0 Å². The number of carbonyl (C=O) groups excluding carboxylic acids is 1. The van der Waals surface area contributed by atoms with Crippen molar-refractivity contribution in [1.82, 2.24) is 10.1 Å². The summed E-state index contributed by atoms with van der Waals surface area (Å²) in [5, 5.41) is 3.21. The largest absolute Gasteiger partial charge is 0.406 e. The number of rotatable bonds is 2. The molecule has 82 valence electrons. The third-order valence-electron chi connectivity index (χ3n) is 1.51. The summed E-state index contributed by atoms with van der Waals surface area (Å²) in [7, 11) is 1.01. The third-order valence-corrected chi connectivity index (χ3v) is 1.51. The van der Waals surface area contributed by atoms with Gasteiger partial charge in [0, 0.05) is 20.0 Å². The van der Waals surface area contributed by atoms with E-state index in [2.05, 4.69) is 9.68 Å². The molecule has 0 atom stereocenters. The Labute approximate surface area is 83.6 Å². The second-order valence-corrected chi connectivity index (χ2v) is 2.89. The lowest BCUT2D eigenvalue weighted by molar-refractivity contribution is -0.138. The molecule has 15 heavy (non-hydrogen) atoms. The van der Waals surface area contributed by atoms with E-state index in [1.54, 1.807) is 0 Å². The van der Waals surface area contributed by atoms with Gasteiger partial charge in [0.25, 0.3) is 5.91 Å². The van der Waals surface area contributed by atoms with E-state index < -0.39 is 18.6 Å². The van der Waals surface area contributed by atoms with Crippen LogP contribution in [0.2, 0.25) is 0 Å². The van der Waals surface area contributed by atoms with Crippen LogP contribution in [0.4, 0.5) is 13.2 Å². The molecule has 0 aliphatic carbocycles. The number of hydrogen-bond acceptors (Lipinski definition) is 3. The lowest BCUT2D eigenvalue weighted by atomic mass is 10.3. The van der Waals surface area contributed by atoms with Crippen LogP contribution in [0.15, 0.2) is 10.6 Å². The van der Waals surface area contributed by atoms with Crippen LogP contribution in [0.5, 0.6) is 0 Å². The molecule has 0 unspecified atom stereocenters. The number of halogens is 3. The number of amides is 1. The molecule has 2 radical (unpaired) electrons. The predicted octanol–water partition coefficient (Wildman–Crippen LogP) is 1.37. The van der Waals surface area contributed by atoms with Gasteiger partial charge in [-0.2, -0.15) is 13.2 Å². The van der Waals surface area contributed by atoms with Gasteiger partial charge in [-0.1, -0.05) is 5.16 Å². The molecule has 0 saturated carbocycles. The first-order valence-corrected chi connectivity index (χ1v) is 3.84. The van der Waals surface area contributed by atoms with Gasteiger partial charge in [-0.3, -0.25) is 4.79 Å². The number of hydrogen-bond donors (Lipinski definition) is 0. The highest BCUT2D eigenvalue weighted by Crippen LogP contribution is 2.16. The van der Waals surface area contributed by atoms with E-state index >= 15 is 0 Å². The summed E-state index contributed by atoms with van der Waals surface area (Å²) in [6.07, 6.45) is -4.44. The van der Waals surface area contributed by atoms with Gasteiger partial charge in [0.1, 0.15) is 12.3 Å². The Kier molecular flexibility index (Phi) is 3.01. The zero-order valence-electron chi connectivity index (χ0n) is 7.71. The van der Waals surface area contributed by atoms with Crippen LogP contribution in [0.1, 0.15) is 16.2 Å². The minimum atomic E-state index is -4.44. The van der Waals surface area contributed by atoms with E-state index in [-0.39, 0.29) is 11.5 Å². The van der Waals surface area contributed by atoms with Crippen molar-refractivity contribution in [3.63, 3.8) is 0 Å². The van der Waals surface area contributed by atoms with Crippen molar-refractivity contribution in [2.45, 2.75) is 6.18 Å². The first kappa shape index (κ1) is 11.5. The topological polar surface area (TPSA) is 46.3 Å². The van der Waals surface area contributed by atoms with Gasteiger partial charge in [0.2, 0.25) is 0 Å². The highest BCUT2D eigenvalue weighted by Gasteiger charge is 2.32. The highest BCUT2D eigenvalue weighted by molar-refractivity contribution is 5.92. The summed E-state index contributed by atoms with van der Waals surface area (Å²) in [6.45, 7) is 3.77. The zero-order chi connectivity index (χ0) is 11.6. The van der Waals surface area contributed by atoms with Crippen molar-refractivity contribution in [2.24, 2.45) is 0 Å². The first-order valence-electron chi connectivity index (χ1n) is 3.84. The Hall–Kier alpha value is -1.53. The van der Waals surface area contributed by atoms with Crippen LogP contribution in [0.25, 0.3) is 0 Å². The lowest BCUT2D eigenvalue weighted by Gasteiger charge is -2.17. The van der Waals surface area contributed by atoms with Crippen molar-refractivity contribution in [2.75, 3.05) is 13.6 Å². The quantitative estimate of drug-likeness (QED) is 0.756. The molecule has 1 aromatic heterocycles. The number of alkyl halides is 3. The molecule has 7 heteroatoms. The van der Waals surface area contributed by atoms with Gasteiger partial charge >= 0.3 is 6.18 Å². The molecular formula is C8H7F3N2O2. The fourth-order valence-electron chi connectivity index (χ4n) is 0.926. The standard InChI is InChI=1S/C8H7F3N2O2/c1-5-3-6(12-15-5)7(14)13(2)4-8(9,10)11/h1,3H,4H2,2H3. The van der Waals surface area contributed by atoms with Gasteiger partial charge in [0.15, 0.2) is 5.69 Å². The molecule has 0 bridgehead atoms. The molecule has 0 aliphatic rings. The van der Waals surface area contributed by atoms with Crippen LogP contribution in [0.3, 0.4) is 0 Å². The van der Waals surface area contributed by atoms with Crippen LogP contribution >= 0.6 is 0 Å². The van der Waals surface area contributed by atoms with E-state index in [1.807, 2.05) is 0 Å². The molecule has 1 heterocycles. The average Bonchev–Trinajstić information content (AvgIpc) is 2.47. The number of carbonyl (C=O) groups is 1. The normalized spacial score (nSPS) is 11.5. The third kappa shape index (κ3) is 3.26. The molecule has 0 aliphatic heterocycles. The highest BCUT2D eigenvalue weighted by atomic mass is 19.4. The van der Waals surface area contributed by atoms with Crippen LogP contribution in [-0.2, 0) is 0 Å². The average molecular weight is 220 g/mol. The first-order chi connectivity index (χ1) is 6.79. The molecule has 1 amide bonds. The van der Waals surface area contributed by atoms with E-state index in [0.717, 1.165) is 13.1 Å². The fourth-order valence-corrected chi connectivity index (χ4v) is 0.926. The van der Waals surface area contributed by atoms with Crippen LogP contribution < -0.4 is 0 Å². The molecule has 0 fully saturated rings. The molecule has 0 aromatic carbocycles. The van der Waals surface area contributed by atoms with E-state index in [1.165, 1.54) is 0 Å². The molecule has 1 rings (SSSR count). The maximum absolute atomic E-state index is 11.9. The Bertz CT molecular complexity index is 359. The summed E-state index contributed by atoms with van der Waals surface area (Å²) in [4.78, 5) is 11.8. The van der Waals surface area contributed by atoms with Crippen molar-refractivity contribution in [3.05, 3.63) is 24.4 Å². The van der Waals surface area contributed by atoms with Gasteiger partial charge < -0.3 is 9.42 Å². The van der Waals surface area contributed by atoms with Crippen LogP contribution in [-0.4, -0.2) is 35.7 Å². The summed E-state index contributed by atoms with van der Waals surface area (Å²) in [5.74, 6) is -1.02. The second kappa shape index (κ2) is 3.92. The van der Waals surface area contributed by atoms with Gasteiger partial charge in [-0.05, 0) is 0 Å². The molecule has 0 N–H and O–H groups in total. The summed E-state index contributed by atoms with van der Waals surface area (Å²) in [6, 6.07) is 1.06. The fraction of sp³-hybridized carbons (Fsp3) is 0.375. The van der Waals surface area contributed by atoms with E-state index in [9.17, 15) is 18.0 Å². The molecule has 0 saturated heterocycles. The van der Waals surface area contributed by atoms with Crippen LogP contribution in [0, 0.1) is 6.92 Å². The Morgan fingerprint density at radius 3 is 2.67 bits per heavy atom. The molecule has 1 aromatic rings. The number of aromatic nitrogens is 1. The van der Waals surface area contributed by atoms with Crippen molar-refractivity contribution in [3.8, 4) is 0 Å². The zero-order valence-corrected chi connectivity index (χ0v) is 7.71. The second-order valence-electron chi connectivity index (χ2n) is 2.89. The van der Waals surface area contributed by atoms with Crippen molar-refractivity contribution < 1.29 is 22.5 Å². The Balaban J connectivity index is 2.69. The van der Waals surface area contributed by atoms with Gasteiger partial charge in [-0.25, -0.2) is 0 Å². The Morgan fingerprint density at radius 1 is 1.67 bits per heavy atom. The predicted molar refractivity (Wildman–Crippen MR) is 42.9 cm³/mol. The smallest absolute Gasteiger partial charge is 0.360 e. The molecule has 0 spiro atoms. The van der Waals surface area contributed by atoms with E-state index in [0.29, 0.717) is 4.90 Å². The summed E-state index contributed by atoms with van der Waals surface area (Å²) >= 11 is 0. The summed E-state index contributed by atoms with van der Waals surface area (Å²) < 4.78 is 40.1. The van der Waals surface area contributed by atoms with E-state index in [4.69, 9.17) is 6.92 Å².